The van der Waals surface area contributed by atoms with E-state index in [9.17, 15) is 18.3 Å². The number of aliphatic hydroxyl groups is 1. The van der Waals surface area contributed by atoms with Gasteiger partial charge in [-0.15, -0.1) is 0 Å². The zero-order chi connectivity index (χ0) is 16.2. The van der Waals surface area contributed by atoms with Crippen LogP contribution in [0, 0.1) is 0 Å². The van der Waals surface area contributed by atoms with Crippen molar-refractivity contribution in [3.05, 3.63) is 53.8 Å². The van der Waals surface area contributed by atoms with Crippen molar-refractivity contribution in [2.45, 2.75) is 11.2 Å². The summed E-state index contributed by atoms with van der Waals surface area (Å²) in [6, 6.07) is 10.5. The van der Waals surface area contributed by atoms with Gasteiger partial charge in [-0.1, -0.05) is 30.3 Å². The molecule has 8 nitrogen and oxygen atoms in total. The van der Waals surface area contributed by atoms with Crippen LogP contribution in [0.15, 0.2) is 57.1 Å². The molecule has 0 fully saturated rings. The van der Waals surface area contributed by atoms with E-state index in [2.05, 4.69) is 10.5 Å². The van der Waals surface area contributed by atoms with Crippen molar-refractivity contribution in [1.82, 2.24) is 5.43 Å². The zero-order valence-corrected chi connectivity index (χ0v) is 11.9. The van der Waals surface area contributed by atoms with Gasteiger partial charge in [0.15, 0.2) is 6.10 Å². The number of nitrogens with one attached hydrogen (secondary N) is 1. The van der Waals surface area contributed by atoms with Gasteiger partial charge in [-0.2, -0.15) is 13.5 Å². The van der Waals surface area contributed by atoms with E-state index < -0.39 is 27.2 Å². The molecule has 0 radical (unpaired) electrons. The summed E-state index contributed by atoms with van der Waals surface area (Å²) in [6.07, 6.45) is -0.354. The fourth-order valence-electron chi connectivity index (χ4n) is 1.55. The van der Waals surface area contributed by atoms with Crippen molar-refractivity contribution in [1.29, 1.82) is 0 Å². The second-order valence-electron chi connectivity index (χ2n) is 4.18. The van der Waals surface area contributed by atoms with Crippen molar-refractivity contribution < 1.29 is 27.3 Å². The van der Waals surface area contributed by atoms with Gasteiger partial charge in [-0.05, 0) is 17.7 Å². The lowest BCUT2D eigenvalue weighted by atomic mass is 10.1. The number of furan rings is 1. The number of amides is 1. The summed E-state index contributed by atoms with van der Waals surface area (Å²) in [5, 5.41) is 12.7. The Morgan fingerprint density at radius 3 is 2.50 bits per heavy atom. The predicted molar refractivity (Wildman–Crippen MR) is 75.7 cm³/mol. The molecule has 1 aromatic heterocycles. The smallest absolute Gasteiger partial charge is 0.328 e. The molecular weight excluding hydrogens is 312 g/mol. The van der Waals surface area contributed by atoms with Gasteiger partial charge in [0.1, 0.15) is 5.76 Å². The fourth-order valence-corrected chi connectivity index (χ4v) is 1.99. The maximum atomic E-state index is 11.7. The number of rotatable bonds is 5. The van der Waals surface area contributed by atoms with Crippen LogP contribution in [0.4, 0.5) is 0 Å². The van der Waals surface area contributed by atoms with Crippen LogP contribution in [0.3, 0.4) is 0 Å². The first-order chi connectivity index (χ1) is 10.4. The van der Waals surface area contributed by atoms with Crippen LogP contribution in [0.25, 0.3) is 0 Å². The molecule has 22 heavy (non-hydrogen) atoms. The maximum absolute atomic E-state index is 11.7. The van der Waals surface area contributed by atoms with Crippen LogP contribution >= 0.6 is 0 Å². The molecule has 0 saturated carbocycles. The molecule has 1 atom stereocenters. The highest BCUT2D eigenvalue weighted by molar-refractivity contribution is 7.85. The Kier molecular flexibility index (Phi) is 4.71. The van der Waals surface area contributed by atoms with Gasteiger partial charge in [0.2, 0.25) is 5.09 Å². The van der Waals surface area contributed by atoms with Crippen LogP contribution < -0.4 is 5.43 Å². The van der Waals surface area contributed by atoms with E-state index in [0.717, 1.165) is 12.3 Å². The van der Waals surface area contributed by atoms with Crippen molar-refractivity contribution in [3.8, 4) is 0 Å². The standard InChI is InChI=1S/C13H12N2O6S/c16-12(9-4-2-1-3-5-9)13(17)15-14-8-10-6-7-11(21-10)22(18,19)20/h1-8,12,16H,(H,15,17)(H,18,19,20). The maximum Gasteiger partial charge on any atom is 0.328 e. The first kappa shape index (κ1) is 15.9. The summed E-state index contributed by atoms with van der Waals surface area (Å²) in [7, 11) is -4.43. The second-order valence-corrected chi connectivity index (χ2v) is 5.53. The molecule has 0 spiro atoms. The summed E-state index contributed by atoms with van der Waals surface area (Å²) in [5.74, 6) is -0.758. The highest BCUT2D eigenvalue weighted by Gasteiger charge is 2.16. The van der Waals surface area contributed by atoms with Gasteiger partial charge in [0.25, 0.3) is 5.91 Å². The second kappa shape index (κ2) is 6.52. The number of hydrazone groups is 1. The highest BCUT2D eigenvalue weighted by atomic mass is 32.2. The molecule has 0 aliphatic rings. The zero-order valence-electron chi connectivity index (χ0n) is 11.1. The molecule has 116 valence electrons. The minimum atomic E-state index is -4.43. The number of benzene rings is 1. The molecule has 3 N–H and O–H groups in total. The molecule has 9 heteroatoms. The quantitative estimate of drug-likeness (QED) is 0.422. The molecule has 1 unspecified atom stereocenters. The summed E-state index contributed by atoms with van der Waals surface area (Å²) in [4.78, 5) is 11.7. The minimum absolute atomic E-state index is 0.00197. The van der Waals surface area contributed by atoms with E-state index in [1.807, 2.05) is 0 Å². The largest absolute Gasteiger partial charge is 0.441 e. The Labute approximate surface area is 125 Å². The lowest BCUT2D eigenvalue weighted by Crippen LogP contribution is -2.25. The Balaban J connectivity index is 1.97. The van der Waals surface area contributed by atoms with Gasteiger partial charge >= 0.3 is 10.1 Å². The third kappa shape index (κ3) is 4.01. The predicted octanol–water partition coefficient (Wildman–Crippen LogP) is 0.710. The van der Waals surface area contributed by atoms with E-state index >= 15 is 0 Å². The highest BCUT2D eigenvalue weighted by Crippen LogP contribution is 2.13. The van der Waals surface area contributed by atoms with Crippen molar-refractivity contribution in [3.63, 3.8) is 0 Å². The van der Waals surface area contributed by atoms with Crippen LogP contribution in [-0.2, 0) is 14.9 Å². The molecule has 0 aliphatic heterocycles. The van der Waals surface area contributed by atoms with Gasteiger partial charge < -0.3 is 9.52 Å². The topological polar surface area (TPSA) is 129 Å². The summed E-state index contributed by atoms with van der Waals surface area (Å²) in [6.45, 7) is 0. The fraction of sp³-hybridized carbons (Fsp3) is 0.0769. The normalized spacial score (nSPS) is 13.2. The number of carbonyl (C=O) groups excluding carboxylic acids is 1. The summed E-state index contributed by atoms with van der Waals surface area (Å²) < 4.78 is 35.1. The van der Waals surface area contributed by atoms with Crippen molar-refractivity contribution in [2.24, 2.45) is 5.10 Å². The third-order valence-electron chi connectivity index (χ3n) is 2.59. The molecule has 0 aliphatic carbocycles. The van der Waals surface area contributed by atoms with Gasteiger partial charge in [-0.3, -0.25) is 9.35 Å². The van der Waals surface area contributed by atoms with E-state index in [4.69, 9.17) is 8.97 Å². The summed E-state index contributed by atoms with van der Waals surface area (Å²) >= 11 is 0. The first-order valence-electron chi connectivity index (χ1n) is 6.01. The van der Waals surface area contributed by atoms with Crippen LogP contribution in [0.2, 0.25) is 0 Å². The van der Waals surface area contributed by atoms with Crippen molar-refractivity contribution >= 4 is 22.2 Å². The molecule has 1 heterocycles. The van der Waals surface area contributed by atoms with E-state index in [0.29, 0.717) is 5.56 Å². The number of hydrogen-bond donors (Lipinski definition) is 3. The summed E-state index contributed by atoms with van der Waals surface area (Å²) in [5.41, 5.74) is 2.49. The Bertz CT molecular complexity index is 782. The van der Waals surface area contributed by atoms with Crippen LogP contribution in [0.1, 0.15) is 17.4 Å². The van der Waals surface area contributed by atoms with E-state index in [1.54, 1.807) is 30.3 Å². The van der Waals surface area contributed by atoms with Gasteiger partial charge in [-0.25, -0.2) is 5.43 Å². The monoisotopic (exact) mass is 324 g/mol. The molecule has 0 bridgehead atoms. The number of aliphatic hydroxyl groups excluding tert-OH is 1. The molecular formula is C13H12N2O6S. The number of carbonyl (C=O) groups is 1. The molecule has 1 aromatic carbocycles. The Morgan fingerprint density at radius 2 is 1.91 bits per heavy atom. The average Bonchev–Trinajstić information content (AvgIpc) is 2.96. The van der Waals surface area contributed by atoms with Crippen LogP contribution in [-0.4, -0.2) is 30.2 Å². The molecule has 2 aromatic rings. The lowest BCUT2D eigenvalue weighted by molar-refractivity contribution is -0.129. The SMILES string of the molecule is O=C(NN=Cc1ccc(S(=O)(=O)O)o1)C(O)c1ccccc1. The number of hydrogen-bond acceptors (Lipinski definition) is 6. The molecule has 2 rings (SSSR count). The van der Waals surface area contributed by atoms with Crippen molar-refractivity contribution in [2.75, 3.05) is 0 Å². The van der Waals surface area contributed by atoms with Gasteiger partial charge in [0, 0.05) is 0 Å². The third-order valence-corrected chi connectivity index (χ3v) is 3.31. The average molecular weight is 324 g/mol. The number of nitrogens with zero attached hydrogens (tertiary/aromatic N) is 1. The molecule has 1 amide bonds. The lowest BCUT2D eigenvalue weighted by Gasteiger charge is -2.08. The van der Waals surface area contributed by atoms with E-state index in [-0.39, 0.29) is 5.76 Å². The Hall–Kier alpha value is -2.49. The first-order valence-corrected chi connectivity index (χ1v) is 7.45. The van der Waals surface area contributed by atoms with Gasteiger partial charge in [0.05, 0.1) is 6.21 Å². The Morgan fingerprint density at radius 1 is 1.23 bits per heavy atom. The van der Waals surface area contributed by atoms with Crippen LogP contribution in [0.5, 0.6) is 0 Å². The van der Waals surface area contributed by atoms with E-state index in [1.165, 1.54) is 6.07 Å². The minimum Gasteiger partial charge on any atom is -0.441 e. The molecule has 0 saturated heterocycles.